The Morgan fingerprint density at radius 1 is 1.47 bits per heavy atom. The van der Waals surface area contributed by atoms with Crippen molar-refractivity contribution in [1.82, 2.24) is 5.32 Å². The second-order valence-corrected chi connectivity index (χ2v) is 5.22. The first-order valence-corrected chi connectivity index (χ1v) is 7.36. The molecule has 0 spiro atoms. The van der Waals surface area contributed by atoms with Crippen LogP contribution in [-0.2, 0) is 15.9 Å². The van der Waals surface area contributed by atoms with Gasteiger partial charge >= 0.3 is 0 Å². The second-order valence-electron chi connectivity index (χ2n) is 4.85. The second kappa shape index (κ2) is 7.85. The maximum absolute atomic E-state index is 5.87. The summed E-state index contributed by atoms with van der Waals surface area (Å²) in [6.07, 6.45) is 2.05. The fourth-order valence-corrected chi connectivity index (χ4v) is 2.76. The molecule has 2 unspecified atom stereocenters. The van der Waals surface area contributed by atoms with Crippen LogP contribution in [0.4, 0.5) is 0 Å². The van der Waals surface area contributed by atoms with E-state index in [2.05, 4.69) is 29.6 Å². The summed E-state index contributed by atoms with van der Waals surface area (Å²) >= 11 is 5.81. The predicted octanol–water partition coefficient (Wildman–Crippen LogP) is 2.53. The number of ether oxygens (including phenoxy) is 2. The van der Waals surface area contributed by atoms with E-state index in [-0.39, 0.29) is 6.10 Å². The summed E-state index contributed by atoms with van der Waals surface area (Å²) < 4.78 is 11.1. The monoisotopic (exact) mass is 283 g/mol. The number of benzene rings is 1. The molecule has 1 aliphatic heterocycles. The summed E-state index contributed by atoms with van der Waals surface area (Å²) in [4.78, 5) is 0. The SMILES string of the molecule is COCC(CCCl)NCC1OCCc2ccccc21. The molecule has 1 aliphatic rings. The highest BCUT2D eigenvalue weighted by atomic mass is 35.5. The van der Waals surface area contributed by atoms with Crippen molar-refractivity contribution >= 4 is 11.6 Å². The summed E-state index contributed by atoms with van der Waals surface area (Å²) in [6, 6.07) is 8.81. The van der Waals surface area contributed by atoms with Crippen LogP contribution in [0.2, 0.25) is 0 Å². The average Bonchev–Trinajstić information content (AvgIpc) is 2.45. The first kappa shape index (κ1) is 14.8. The van der Waals surface area contributed by atoms with Gasteiger partial charge in [0, 0.05) is 25.6 Å². The lowest BCUT2D eigenvalue weighted by atomic mass is 9.97. The topological polar surface area (TPSA) is 30.5 Å². The Balaban J connectivity index is 1.92. The van der Waals surface area contributed by atoms with Gasteiger partial charge in [0.2, 0.25) is 0 Å². The van der Waals surface area contributed by atoms with Crippen molar-refractivity contribution in [3.8, 4) is 0 Å². The van der Waals surface area contributed by atoms with E-state index in [1.807, 2.05) is 0 Å². The van der Waals surface area contributed by atoms with Crippen molar-refractivity contribution < 1.29 is 9.47 Å². The molecule has 19 heavy (non-hydrogen) atoms. The van der Waals surface area contributed by atoms with Gasteiger partial charge in [-0.25, -0.2) is 0 Å². The van der Waals surface area contributed by atoms with Crippen LogP contribution in [0.15, 0.2) is 24.3 Å². The summed E-state index contributed by atoms with van der Waals surface area (Å²) in [5, 5.41) is 3.50. The van der Waals surface area contributed by atoms with Gasteiger partial charge in [-0.3, -0.25) is 0 Å². The number of halogens is 1. The summed E-state index contributed by atoms with van der Waals surface area (Å²) in [6.45, 7) is 2.29. The molecule has 1 N–H and O–H groups in total. The molecule has 2 atom stereocenters. The minimum absolute atomic E-state index is 0.139. The minimum Gasteiger partial charge on any atom is -0.383 e. The zero-order valence-electron chi connectivity index (χ0n) is 11.4. The number of alkyl halides is 1. The minimum atomic E-state index is 0.139. The van der Waals surface area contributed by atoms with Crippen LogP contribution >= 0.6 is 11.6 Å². The molecule has 1 heterocycles. The highest BCUT2D eigenvalue weighted by molar-refractivity contribution is 6.17. The number of rotatable bonds is 7. The fourth-order valence-electron chi connectivity index (χ4n) is 2.50. The van der Waals surface area contributed by atoms with Gasteiger partial charge < -0.3 is 14.8 Å². The molecule has 0 amide bonds. The number of hydrogen-bond acceptors (Lipinski definition) is 3. The van der Waals surface area contributed by atoms with Gasteiger partial charge in [-0.15, -0.1) is 11.6 Å². The molecule has 1 aromatic rings. The van der Waals surface area contributed by atoms with Crippen LogP contribution in [0.1, 0.15) is 23.7 Å². The molecular weight excluding hydrogens is 262 g/mol. The number of fused-ring (bicyclic) bond motifs is 1. The van der Waals surface area contributed by atoms with Crippen molar-refractivity contribution in [3.63, 3.8) is 0 Å². The quantitative estimate of drug-likeness (QED) is 0.780. The van der Waals surface area contributed by atoms with E-state index in [1.54, 1.807) is 7.11 Å². The van der Waals surface area contributed by atoms with Crippen molar-refractivity contribution in [3.05, 3.63) is 35.4 Å². The molecule has 0 fully saturated rings. The third-order valence-electron chi connectivity index (χ3n) is 3.51. The third-order valence-corrected chi connectivity index (χ3v) is 3.73. The summed E-state index contributed by atoms with van der Waals surface area (Å²) in [7, 11) is 1.72. The van der Waals surface area contributed by atoms with Crippen LogP contribution in [0.3, 0.4) is 0 Å². The zero-order valence-corrected chi connectivity index (χ0v) is 12.2. The van der Waals surface area contributed by atoms with Crippen LogP contribution in [0, 0.1) is 0 Å². The van der Waals surface area contributed by atoms with Crippen LogP contribution in [0.5, 0.6) is 0 Å². The van der Waals surface area contributed by atoms with Crippen LogP contribution in [-0.4, -0.2) is 38.8 Å². The maximum Gasteiger partial charge on any atom is 0.0952 e. The average molecular weight is 284 g/mol. The van der Waals surface area contributed by atoms with Crippen LogP contribution in [0.25, 0.3) is 0 Å². The van der Waals surface area contributed by atoms with Gasteiger partial charge in [-0.1, -0.05) is 24.3 Å². The Morgan fingerprint density at radius 2 is 2.32 bits per heavy atom. The van der Waals surface area contributed by atoms with Gasteiger partial charge in [-0.05, 0) is 24.0 Å². The molecule has 0 aliphatic carbocycles. The molecule has 0 saturated heterocycles. The molecule has 0 saturated carbocycles. The zero-order chi connectivity index (χ0) is 13.5. The molecule has 0 aromatic heterocycles. The predicted molar refractivity (Wildman–Crippen MR) is 77.8 cm³/mol. The van der Waals surface area contributed by atoms with E-state index in [1.165, 1.54) is 11.1 Å². The molecule has 2 rings (SSSR count). The van der Waals surface area contributed by atoms with Crippen molar-refractivity contribution in [2.24, 2.45) is 0 Å². The van der Waals surface area contributed by atoms with E-state index >= 15 is 0 Å². The van der Waals surface area contributed by atoms with E-state index in [9.17, 15) is 0 Å². The Bertz CT molecular complexity index is 380. The summed E-state index contributed by atoms with van der Waals surface area (Å²) in [5.41, 5.74) is 2.71. The van der Waals surface area contributed by atoms with Gasteiger partial charge in [0.05, 0.1) is 19.3 Å². The lowest BCUT2D eigenvalue weighted by Gasteiger charge is -2.28. The van der Waals surface area contributed by atoms with Crippen molar-refractivity contribution in [2.45, 2.75) is 25.0 Å². The maximum atomic E-state index is 5.87. The van der Waals surface area contributed by atoms with Gasteiger partial charge in [-0.2, -0.15) is 0 Å². The third kappa shape index (κ3) is 4.18. The molecule has 4 heteroatoms. The van der Waals surface area contributed by atoms with Crippen molar-refractivity contribution in [1.29, 1.82) is 0 Å². The molecule has 0 radical (unpaired) electrons. The lowest BCUT2D eigenvalue weighted by Crippen LogP contribution is -2.38. The Labute approximate surface area is 120 Å². The van der Waals surface area contributed by atoms with Gasteiger partial charge in [0.1, 0.15) is 0 Å². The lowest BCUT2D eigenvalue weighted by molar-refractivity contribution is 0.0378. The standard InChI is InChI=1S/C15H22ClNO2/c1-18-11-13(6-8-16)17-10-15-14-5-3-2-4-12(14)7-9-19-15/h2-5,13,15,17H,6-11H2,1H3. The fraction of sp³-hybridized carbons (Fsp3) is 0.600. The number of nitrogens with one attached hydrogen (secondary N) is 1. The first-order valence-electron chi connectivity index (χ1n) is 6.83. The van der Waals surface area contributed by atoms with E-state index in [4.69, 9.17) is 21.1 Å². The largest absolute Gasteiger partial charge is 0.383 e. The molecule has 0 bridgehead atoms. The smallest absolute Gasteiger partial charge is 0.0952 e. The first-order chi connectivity index (χ1) is 9.35. The molecular formula is C15H22ClNO2. The van der Waals surface area contributed by atoms with Gasteiger partial charge in [0.15, 0.2) is 0 Å². The highest BCUT2D eigenvalue weighted by Crippen LogP contribution is 2.26. The molecule has 1 aromatic carbocycles. The summed E-state index contributed by atoms with van der Waals surface area (Å²) in [5.74, 6) is 0.642. The van der Waals surface area contributed by atoms with Gasteiger partial charge in [0.25, 0.3) is 0 Å². The normalized spacial score (nSPS) is 20.0. The Hall–Kier alpha value is -0.610. The molecule has 106 valence electrons. The Morgan fingerprint density at radius 3 is 3.11 bits per heavy atom. The van der Waals surface area contributed by atoms with Crippen molar-refractivity contribution in [2.75, 3.05) is 32.7 Å². The number of hydrogen-bond donors (Lipinski definition) is 1. The Kier molecular flexibility index (Phi) is 6.11. The molecule has 3 nitrogen and oxygen atoms in total. The highest BCUT2D eigenvalue weighted by Gasteiger charge is 2.21. The van der Waals surface area contributed by atoms with E-state index in [0.717, 1.165) is 26.0 Å². The van der Waals surface area contributed by atoms with E-state index < -0.39 is 0 Å². The van der Waals surface area contributed by atoms with E-state index in [0.29, 0.717) is 18.5 Å². The van der Waals surface area contributed by atoms with Crippen LogP contribution < -0.4 is 5.32 Å². The number of methoxy groups -OCH3 is 1.